The molecule has 7 heteroatoms. The Labute approximate surface area is 138 Å². The molecule has 2 rings (SSSR count). The number of benzene rings is 1. The Morgan fingerprint density at radius 3 is 2.52 bits per heavy atom. The number of halogens is 3. The fourth-order valence-electron chi connectivity index (χ4n) is 1.90. The van der Waals surface area contributed by atoms with Crippen molar-refractivity contribution in [1.82, 2.24) is 9.78 Å². The number of nitrogens with zero attached hydrogens (tertiary/aromatic N) is 2. The lowest BCUT2D eigenvalue weighted by molar-refractivity contribution is -0.116. The number of carbonyl (C=O) groups excluding carboxylic acids is 1. The maximum atomic E-state index is 11.9. The van der Waals surface area contributed by atoms with Crippen LogP contribution in [0.4, 0.5) is 5.69 Å². The second kappa shape index (κ2) is 6.69. The van der Waals surface area contributed by atoms with Gasteiger partial charge in [0.1, 0.15) is 0 Å². The van der Waals surface area contributed by atoms with Crippen LogP contribution in [0, 0.1) is 13.8 Å². The summed E-state index contributed by atoms with van der Waals surface area (Å²) in [5.74, 6) is -0.128. The minimum absolute atomic E-state index is 0.128. The highest BCUT2D eigenvalue weighted by molar-refractivity contribution is 6.42. The van der Waals surface area contributed by atoms with Gasteiger partial charge in [0.05, 0.1) is 33.0 Å². The number of amides is 1. The average molecular weight is 347 g/mol. The van der Waals surface area contributed by atoms with Gasteiger partial charge < -0.3 is 5.32 Å². The van der Waals surface area contributed by atoms with Crippen LogP contribution in [-0.4, -0.2) is 15.7 Å². The highest BCUT2D eigenvalue weighted by atomic mass is 35.5. The Bertz CT molecular complexity index is 682. The molecule has 0 atom stereocenters. The van der Waals surface area contributed by atoms with Crippen LogP contribution >= 0.6 is 34.8 Å². The smallest absolute Gasteiger partial charge is 0.226 e. The molecule has 0 fully saturated rings. The fourth-order valence-corrected chi connectivity index (χ4v) is 2.33. The highest BCUT2D eigenvalue weighted by Crippen LogP contribution is 2.25. The number of aryl methyl sites for hydroxylation is 2. The van der Waals surface area contributed by atoms with Crippen LogP contribution in [0.2, 0.25) is 15.1 Å². The van der Waals surface area contributed by atoms with Crippen LogP contribution in [-0.2, 0) is 11.3 Å². The second-order valence-corrected chi connectivity index (χ2v) is 5.83. The average Bonchev–Trinajstić information content (AvgIpc) is 2.68. The van der Waals surface area contributed by atoms with Crippen LogP contribution < -0.4 is 5.32 Å². The van der Waals surface area contributed by atoms with Gasteiger partial charge >= 0.3 is 0 Å². The first-order valence-corrected chi connectivity index (χ1v) is 7.46. The molecule has 0 unspecified atom stereocenters. The molecule has 1 N–H and O–H groups in total. The topological polar surface area (TPSA) is 46.9 Å². The van der Waals surface area contributed by atoms with E-state index >= 15 is 0 Å². The summed E-state index contributed by atoms with van der Waals surface area (Å²) in [5.41, 5.74) is 2.23. The van der Waals surface area contributed by atoms with Crippen molar-refractivity contribution < 1.29 is 4.79 Å². The van der Waals surface area contributed by atoms with Crippen molar-refractivity contribution >= 4 is 46.4 Å². The minimum Gasteiger partial charge on any atom is -0.326 e. The molecule has 0 aliphatic rings. The van der Waals surface area contributed by atoms with Gasteiger partial charge in [-0.15, -0.1) is 0 Å². The number of rotatable bonds is 4. The van der Waals surface area contributed by atoms with Crippen molar-refractivity contribution in [3.05, 3.63) is 44.7 Å². The Morgan fingerprint density at radius 2 is 1.95 bits per heavy atom. The first-order valence-electron chi connectivity index (χ1n) is 6.33. The summed E-state index contributed by atoms with van der Waals surface area (Å²) in [4.78, 5) is 11.9. The molecule has 1 heterocycles. The van der Waals surface area contributed by atoms with E-state index in [1.54, 1.807) is 22.9 Å². The summed E-state index contributed by atoms with van der Waals surface area (Å²) in [6, 6.07) is 4.95. The van der Waals surface area contributed by atoms with Crippen molar-refractivity contribution in [2.24, 2.45) is 0 Å². The third-order valence-corrected chi connectivity index (χ3v) is 4.33. The third-order valence-electron chi connectivity index (χ3n) is 3.05. The van der Waals surface area contributed by atoms with E-state index in [-0.39, 0.29) is 5.91 Å². The molecule has 0 aliphatic carbocycles. The maximum Gasteiger partial charge on any atom is 0.226 e. The number of anilines is 1. The van der Waals surface area contributed by atoms with Gasteiger partial charge in [-0.05, 0) is 32.0 Å². The van der Waals surface area contributed by atoms with Crippen molar-refractivity contribution in [3.8, 4) is 0 Å². The summed E-state index contributed by atoms with van der Waals surface area (Å²) >= 11 is 17.8. The lowest BCUT2D eigenvalue weighted by Gasteiger charge is -2.07. The van der Waals surface area contributed by atoms with Gasteiger partial charge in [-0.1, -0.05) is 34.8 Å². The van der Waals surface area contributed by atoms with Gasteiger partial charge in [0.25, 0.3) is 0 Å². The molecule has 0 saturated heterocycles. The Balaban J connectivity index is 1.95. The molecular weight excluding hydrogens is 333 g/mol. The lowest BCUT2D eigenvalue weighted by atomic mass is 10.3. The molecule has 1 aromatic heterocycles. The molecule has 4 nitrogen and oxygen atoms in total. The van der Waals surface area contributed by atoms with E-state index in [1.807, 2.05) is 13.8 Å². The Kier molecular flexibility index (Phi) is 5.14. The zero-order valence-electron chi connectivity index (χ0n) is 11.6. The van der Waals surface area contributed by atoms with Crippen LogP contribution in [0.25, 0.3) is 0 Å². The van der Waals surface area contributed by atoms with E-state index in [9.17, 15) is 4.79 Å². The first kappa shape index (κ1) is 16.1. The number of carbonyl (C=O) groups is 1. The molecule has 1 amide bonds. The van der Waals surface area contributed by atoms with Crippen LogP contribution in [0.15, 0.2) is 18.2 Å². The quantitative estimate of drug-likeness (QED) is 0.886. The SMILES string of the molecule is Cc1nn(CCC(=O)Nc2ccc(Cl)c(Cl)c2)c(C)c1Cl. The van der Waals surface area contributed by atoms with Crippen molar-refractivity contribution in [2.75, 3.05) is 5.32 Å². The van der Waals surface area contributed by atoms with Crippen molar-refractivity contribution in [2.45, 2.75) is 26.8 Å². The van der Waals surface area contributed by atoms with E-state index in [2.05, 4.69) is 10.4 Å². The molecule has 0 aliphatic heterocycles. The molecule has 2 aromatic rings. The van der Waals surface area contributed by atoms with E-state index < -0.39 is 0 Å². The van der Waals surface area contributed by atoms with Crippen molar-refractivity contribution in [3.63, 3.8) is 0 Å². The number of hydrogen-bond donors (Lipinski definition) is 1. The van der Waals surface area contributed by atoms with Crippen LogP contribution in [0.1, 0.15) is 17.8 Å². The van der Waals surface area contributed by atoms with Gasteiger partial charge in [-0.2, -0.15) is 5.10 Å². The third kappa shape index (κ3) is 3.90. The molecular formula is C14H14Cl3N3O. The lowest BCUT2D eigenvalue weighted by Crippen LogP contribution is -2.15. The predicted molar refractivity (Wildman–Crippen MR) is 86.4 cm³/mol. The molecule has 21 heavy (non-hydrogen) atoms. The minimum atomic E-state index is -0.128. The highest BCUT2D eigenvalue weighted by Gasteiger charge is 2.11. The zero-order chi connectivity index (χ0) is 15.6. The van der Waals surface area contributed by atoms with E-state index in [1.165, 1.54) is 0 Å². The van der Waals surface area contributed by atoms with Gasteiger partial charge in [0, 0.05) is 12.1 Å². The molecule has 112 valence electrons. The summed E-state index contributed by atoms with van der Waals surface area (Å²) in [6.07, 6.45) is 0.290. The number of hydrogen-bond acceptors (Lipinski definition) is 2. The van der Waals surface area contributed by atoms with Crippen LogP contribution in [0.3, 0.4) is 0 Å². The van der Waals surface area contributed by atoms with Gasteiger partial charge in [0.2, 0.25) is 5.91 Å². The molecule has 0 saturated carbocycles. The van der Waals surface area contributed by atoms with E-state index in [4.69, 9.17) is 34.8 Å². The maximum absolute atomic E-state index is 11.9. The largest absolute Gasteiger partial charge is 0.326 e. The second-order valence-electron chi connectivity index (χ2n) is 4.64. The predicted octanol–water partition coefficient (Wildman–Crippen LogP) is 4.49. The summed E-state index contributed by atoms with van der Waals surface area (Å²) in [5, 5.41) is 8.54. The van der Waals surface area contributed by atoms with E-state index in [0.29, 0.717) is 33.7 Å². The van der Waals surface area contributed by atoms with Gasteiger partial charge in [0.15, 0.2) is 0 Å². The number of aromatic nitrogens is 2. The molecule has 0 bridgehead atoms. The first-order chi connectivity index (χ1) is 9.88. The monoisotopic (exact) mass is 345 g/mol. The van der Waals surface area contributed by atoms with Gasteiger partial charge in [-0.3, -0.25) is 9.48 Å². The Morgan fingerprint density at radius 1 is 1.24 bits per heavy atom. The fraction of sp³-hybridized carbons (Fsp3) is 0.286. The zero-order valence-corrected chi connectivity index (χ0v) is 13.9. The Hall–Kier alpha value is -1.23. The standard InChI is InChI=1S/C14H14Cl3N3O/c1-8-14(17)9(2)20(19-8)6-5-13(21)18-10-3-4-11(15)12(16)7-10/h3-4,7H,5-6H2,1-2H3,(H,18,21). The van der Waals surface area contributed by atoms with E-state index in [0.717, 1.165) is 11.4 Å². The van der Waals surface area contributed by atoms with Crippen molar-refractivity contribution in [1.29, 1.82) is 0 Å². The summed E-state index contributed by atoms with van der Waals surface area (Å²) in [6.45, 7) is 4.17. The summed E-state index contributed by atoms with van der Waals surface area (Å²) < 4.78 is 1.73. The molecule has 1 aromatic carbocycles. The molecule has 0 radical (unpaired) electrons. The number of nitrogens with one attached hydrogen (secondary N) is 1. The van der Waals surface area contributed by atoms with Crippen LogP contribution in [0.5, 0.6) is 0 Å². The summed E-state index contributed by atoms with van der Waals surface area (Å²) in [7, 11) is 0. The normalized spacial score (nSPS) is 10.7. The molecule has 0 spiro atoms. The van der Waals surface area contributed by atoms with Gasteiger partial charge in [-0.25, -0.2) is 0 Å².